The molecule has 0 radical (unpaired) electrons. The number of halogens is 2. The Morgan fingerprint density at radius 1 is 1.19 bits per heavy atom. The first-order valence-corrected chi connectivity index (χ1v) is 11.8. The highest BCUT2D eigenvalue weighted by atomic mass is 35.5. The first kappa shape index (κ1) is 27.6. The zero-order valence-corrected chi connectivity index (χ0v) is 21.0. The number of methoxy groups -OCH3 is 1. The van der Waals surface area contributed by atoms with Crippen LogP contribution in [0.4, 0.5) is 4.39 Å². The lowest BCUT2D eigenvalue weighted by atomic mass is 9.98. The molecule has 0 fully saturated rings. The Kier molecular flexibility index (Phi) is 9.17. The zero-order valence-electron chi connectivity index (χ0n) is 20.3. The third-order valence-electron chi connectivity index (χ3n) is 5.78. The van der Waals surface area contributed by atoms with Gasteiger partial charge in [-0.2, -0.15) is 5.26 Å². The zero-order chi connectivity index (χ0) is 27.1. The van der Waals surface area contributed by atoms with Crippen LogP contribution in [0.3, 0.4) is 0 Å². The number of pyridine rings is 1. The van der Waals surface area contributed by atoms with Gasteiger partial charge in [0.1, 0.15) is 11.6 Å². The maximum atomic E-state index is 14.2. The maximum Gasteiger partial charge on any atom is 0.252 e. The molecule has 0 saturated carbocycles. The summed E-state index contributed by atoms with van der Waals surface area (Å²) in [6.45, 7) is 2.43. The van der Waals surface area contributed by atoms with Gasteiger partial charge in [-0.05, 0) is 49.2 Å². The molecular formula is C27H25ClFN3O5. The van der Waals surface area contributed by atoms with Gasteiger partial charge in [-0.25, -0.2) is 4.39 Å². The first-order chi connectivity index (χ1) is 17.7. The van der Waals surface area contributed by atoms with Crippen LogP contribution in [-0.2, 0) is 16.0 Å². The molecule has 1 unspecified atom stereocenters. The van der Waals surface area contributed by atoms with E-state index in [2.05, 4.69) is 6.07 Å². The molecule has 3 rings (SSSR count). The summed E-state index contributed by atoms with van der Waals surface area (Å²) in [5.74, 6) is -1.86. The SMILES string of the molecule is CCOCCC(C(=O)Cc1ccc(C(N)=O)c(F)c1)n1cc(OC)c(-c2cc(Cl)ccc2C#N)cc1=O. The molecule has 0 aliphatic rings. The Morgan fingerprint density at radius 3 is 2.57 bits per heavy atom. The van der Waals surface area contributed by atoms with Crippen LogP contribution >= 0.6 is 11.6 Å². The first-order valence-electron chi connectivity index (χ1n) is 11.4. The van der Waals surface area contributed by atoms with Gasteiger partial charge in [0, 0.05) is 41.9 Å². The van der Waals surface area contributed by atoms with E-state index >= 15 is 0 Å². The number of rotatable bonds is 11. The summed E-state index contributed by atoms with van der Waals surface area (Å²) >= 11 is 6.12. The topological polar surface area (TPSA) is 124 Å². The maximum absolute atomic E-state index is 14.2. The summed E-state index contributed by atoms with van der Waals surface area (Å²) in [5, 5.41) is 9.89. The van der Waals surface area contributed by atoms with Gasteiger partial charge in [0.15, 0.2) is 5.78 Å². The Labute approximate surface area is 218 Å². The number of carbonyl (C=O) groups is 2. The summed E-state index contributed by atoms with van der Waals surface area (Å²) in [6, 6.07) is 10.8. The number of nitrogens with zero attached hydrogens (tertiary/aromatic N) is 2. The molecule has 2 aromatic carbocycles. The number of ether oxygens (including phenoxy) is 2. The Morgan fingerprint density at radius 2 is 1.95 bits per heavy atom. The van der Waals surface area contributed by atoms with Crippen molar-refractivity contribution in [1.29, 1.82) is 5.26 Å². The van der Waals surface area contributed by atoms with E-state index in [0.29, 0.717) is 33.9 Å². The smallest absolute Gasteiger partial charge is 0.252 e. The molecule has 3 aromatic rings. The number of nitrogens with two attached hydrogens (primary N) is 1. The highest BCUT2D eigenvalue weighted by molar-refractivity contribution is 6.31. The summed E-state index contributed by atoms with van der Waals surface area (Å²) in [6.07, 6.45) is 1.39. The van der Waals surface area contributed by atoms with E-state index in [0.717, 1.165) is 6.07 Å². The fourth-order valence-corrected chi connectivity index (χ4v) is 4.14. The van der Waals surface area contributed by atoms with Crippen LogP contribution < -0.4 is 16.0 Å². The van der Waals surface area contributed by atoms with Gasteiger partial charge < -0.3 is 19.8 Å². The molecule has 2 N–H and O–H groups in total. The Hall–Kier alpha value is -4.00. The lowest BCUT2D eigenvalue weighted by molar-refractivity contribution is -0.122. The molecule has 0 saturated heterocycles. The Bertz CT molecular complexity index is 1430. The van der Waals surface area contributed by atoms with E-state index in [1.807, 2.05) is 6.92 Å². The molecule has 192 valence electrons. The summed E-state index contributed by atoms with van der Waals surface area (Å²) in [7, 11) is 1.41. The number of aromatic nitrogens is 1. The number of ketones is 1. The van der Waals surface area contributed by atoms with Crippen molar-refractivity contribution >= 4 is 23.3 Å². The summed E-state index contributed by atoms with van der Waals surface area (Å²) < 4.78 is 26.4. The lowest BCUT2D eigenvalue weighted by Crippen LogP contribution is -2.31. The molecule has 1 heterocycles. The van der Waals surface area contributed by atoms with E-state index in [1.165, 1.54) is 36.1 Å². The molecule has 8 nitrogen and oxygen atoms in total. The lowest BCUT2D eigenvalue weighted by Gasteiger charge is -2.21. The number of Topliss-reactive ketones (excluding diaryl/α,β-unsaturated/α-hetero) is 1. The van der Waals surface area contributed by atoms with E-state index in [1.54, 1.807) is 18.2 Å². The van der Waals surface area contributed by atoms with Crippen molar-refractivity contribution in [3.8, 4) is 22.9 Å². The monoisotopic (exact) mass is 525 g/mol. The molecule has 37 heavy (non-hydrogen) atoms. The van der Waals surface area contributed by atoms with E-state index in [4.69, 9.17) is 26.8 Å². The predicted molar refractivity (Wildman–Crippen MR) is 136 cm³/mol. The Balaban J connectivity index is 2.04. The second-order valence-electron chi connectivity index (χ2n) is 8.13. The molecule has 0 aliphatic heterocycles. The highest BCUT2D eigenvalue weighted by Gasteiger charge is 2.24. The van der Waals surface area contributed by atoms with Gasteiger partial charge >= 0.3 is 0 Å². The number of carbonyl (C=O) groups excluding carboxylic acids is 2. The second-order valence-corrected chi connectivity index (χ2v) is 8.56. The van der Waals surface area contributed by atoms with Crippen molar-refractivity contribution in [3.05, 3.63) is 86.5 Å². The van der Waals surface area contributed by atoms with Crippen LogP contribution in [0.15, 0.2) is 53.5 Å². The normalized spacial score (nSPS) is 11.5. The minimum atomic E-state index is -0.948. The average molecular weight is 526 g/mol. The fourth-order valence-electron chi connectivity index (χ4n) is 3.96. The van der Waals surface area contributed by atoms with Crippen LogP contribution in [-0.4, -0.2) is 36.6 Å². The second kappa shape index (κ2) is 12.3. The van der Waals surface area contributed by atoms with E-state index in [-0.39, 0.29) is 36.5 Å². The van der Waals surface area contributed by atoms with Crippen molar-refractivity contribution < 1.29 is 23.5 Å². The van der Waals surface area contributed by atoms with Crippen LogP contribution in [0.2, 0.25) is 5.02 Å². The van der Waals surface area contributed by atoms with E-state index in [9.17, 15) is 24.0 Å². The van der Waals surface area contributed by atoms with Crippen molar-refractivity contribution in [2.75, 3.05) is 20.3 Å². The number of hydrogen-bond donors (Lipinski definition) is 1. The van der Waals surface area contributed by atoms with Gasteiger partial charge in [0.2, 0.25) is 0 Å². The van der Waals surface area contributed by atoms with Crippen molar-refractivity contribution in [1.82, 2.24) is 4.57 Å². The molecule has 0 bridgehead atoms. The molecule has 1 atom stereocenters. The van der Waals surface area contributed by atoms with Gasteiger partial charge in [-0.1, -0.05) is 17.7 Å². The number of hydrogen-bond acceptors (Lipinski definition) is 6. The van der Waals surface area contributed by atoms with E-state index < -0.39 is 23.3 Å². The minimum absolute atomic E-state index is 0.178. The molecule has 10 heteroatoms. The fraction of sp³-hybridized carbons (Fsp3) is 0.259. The average Bonchev–Trinajstić information content (AvgIpc) is 2.86. The van der Waals surface area contributed by atoms with Crippen LogP contribution in [0, 0.1) is 17.1 Å². The van der Waals surface area contributed by atoms with Crippen LogP contribution in [0.25, 0.3) is 11.1 Å². The number of nitriles is 1. The highest BCUT2D eigenvalue weighted by Crippen LogP contribution is 2.33. The summed E-state index contributed by atoms with van der Waals surface area (Å²) in [5.41, 5.74) is 5.74. The standard InChI is InChI=1S/C27H25ClFN3O5/c1-3-37-9-8-23(24(33)11-16-4-7-19(27(31)35)22(29)10-16)32-15-25(36-2)21(13-26(32)34)20-12-18(28)6-5-17(20)14-30/h4-7,10,12-13,15,23H,3,8-9,11H2,1-2H3,(H2,31,35). The number of benzene rings is 2. The molecule has 1 amide bonds. The van der Waals surface area contributed by atoms with Crippen molar-refractivity contribution in [3.63, 3.8) is 0 Å². The third kappa shape index (κ3) is 6.42. The molecule has 1 aromatic heterocycles. The minimum Gasteiger partial charge on any atom is -0.495 e. The molecule has 0 aliphatic carbocycles. The predicted octanol–water partition coefficient (Wildman–Crippen LogP) is 4.07. The van der Waals surface area contributed by atoms with Crippen LogP contribution in [0.1, 0.15) is 40.9 Å². The molecular weight excluding hydrogens is 501 g/mol. The van der Waals surface area contributed by atoms with Crippen molar-refractivity contribution in [2.45, 2.75) is 25.8 Å². The summed E-state index contributed by atoms with van der Waals surface area (Å²) in [4.78, 5) is 37.9. The van der Waals surface area contributed by atoms with Crippen LogP contribution in [0.5, 0.6) is 5.75 Å². The number of primary amides is 1. The number of amides is 1. The van der Waals surface area contributed by atoms with Crippen molar-refractivity contribution in [2.24, 2.45) is 5.73 Å². The van der Waals surface area contributed by atoms with Gasteiger partial charge in [0.05, 0.1) is 36.5 Å². The quantitative estimate of drug-likeness (QED) is 0.376. The third-order valence-corrected chi connectivity index (χ3v) is 6.02. The van der Waals surface area contributed by atoms with Gasteiger partial charge in [0.25, 0.3) is 11.5 Å². The van der Waals surface area contributed by atoms with Gasteiger partial charge in [-0.15, -0.1) is 0 Å². The largest absolute Gasteiger partial charge is 0.495 e. The molecule has 0 spiro atoms. The van der Waals surface area contributed by atoms with Gasteiger partial charge in [-0.3, -0.25) is 14.4 Å².